The average Bonchev–Trinajstić information content (AvgIpc) is 2.72. The second-order valence-corrected chi connectivity index (χ2v) is 7.77. The van der Waals surface area contributed by atoms with Gasteiger partial charge in [-0.15, -0.1) is 0 Å². The van der Waals surface area contributed by atoms with Crippen LogP contribution in [0.4, 0.5) is 0 Å². The van der Waals surface area contributed by atoms with Gasteiger partial charge < -0.3 is 4.74 Å². The standard InChI is InChI=1S/C26H36O2/c1-5-8-9-13-21-16-18-22(19-17-21)26(27)28-25(7-3)24-15-11-10-14-23(24)20(4)12-6-2/h10-11,14-20,25H,5-9,12-13H2,1-4H3. The summed E-state index contributed by atoms with van der Waals surface area (Å²) in [6.07, 6.45) is 7.61. The van der Waals surface area contributed by atoms with Gasteiger partial charge in [-0.05, 0) is 60.4 Å². The Morgan fingerprint density at radius 1 is 0.893 bits per heavy atom. The molecule has 2 nitrogen and oxygen atoms in total. The molecule has 0 aliphatic heterocycles. The number of carbonyl (C=O) groups excluding carboxylic acids is 1. The van der Waals surface area contributed by atoms with Gasteiger partial charge in [0.2, 0.25) is 0 Å². The number of rotatable bonds is 11. The molecule has 0 fully saturated rings. The maximum Gasteiger partial charge on any atom is 0.338 e. The quantitative estimate of drug-likeness (QED) is 0.296. The summed E-state index contributed by atoms with van der Waals surface area (Å²) in [6.45, 7) is 8.76. The highest BCUT2D eigenvalue weighted by Gasteiger charge is 2.21. The number of aryl methyl sites for hydroxylation is 1. The fraction of sp³-hybridized carbons (Fsp3) is 0.500. The van der Waals surface area contributed by atoms with E-state index in [0.29, 0.717) is 11.5 Å². The smallest absolute Gasteiger partial charge is 0.338 e. The Kier molecular flexibility index (Phi) is 9.27. The third kappa shape index (κ3) is 6.22. The van der Waals surface area contributed by atoms with Crippen molar-refractivity contribution >= 4 is 5.97 Å². The lowest BCUT2D eigenvalue weighted by Crippen LogP contribution is -2.13. The van der Waals surface area contributed by atoms with Crippen molar-refractivity contribution in [3.8, 4) is 0 Å². The molecule has 28 heavy (non-hydrogen) atoms. The van der Waals surface area contributed by atoms with Crippen LogP contribution in [0.5, 0.6) is 0 Å². The van der Waals surface area contributed by atoms with Crippen LogP contribution in [0.1, 0.15) is 105 Å². The predicted molar refractivity (Wildman–Crippen MR) is 118 cm³/mol. The number of carbonyl (C=O) groups is 1. The molecule has 2 aromatic carbocycles. The number of ether oxygens (including phenoxy) is 1. The zero-order valence-electron chi connectivity index (χ0n) is 18.0. The van der Waals surface area contributed by atoms with Gasteiger partial charge in [0.1, 0.15) is 6.10 Å². The second kappa shape index (κ2) is 11.7. The predicted octanol–water partition coefficient (Wildman–Crippen LogP) is 7.63. The molecule has 0 saturated carbocycles. The Hall–Kier alpha value is -2.09. The van der Waals surface area contributed by atoms with E-state index >= 15 is 0 Å². The van der Waals surface area contributed by atoms with Crippen molar-refractivity contribution in [2.75, 3.05) is 0 Å². The van der Waals surface area contributed by atoms with Crippen molar-refractivity contribution in [3.63, 3.8) is 0 Å². The second-order valence-electron chi connectivity index (χ2n) is 7.77. The highest BCUT2D eigenvalue weighted by Crippen LogP contribution is 2.32. The van der Waals surface area contributed by atoms with E-state index in [1.54, 1.807) is 0 Å². The first-order valence-electron chi connectivity index (χ1n) is 11.0. The van der Waals surface area contributed by atoms with Crippen LogP contribution >= 0.6 is 0 Å². The monoisotopic (exact) mass is 380 g/mol. The molecular formula is C26H36O2. The molecule has 2 heteroatoms. The summed E-state index contributed by atoms with van der Waals surface area (Å²) in [5.74, 6) is 0.237. The van der Waals surface area contributed by atoms with E-state index in [1.807, 2.05) is 18.2 Å². The zero-order valence-corrected chi connectivity index (χ0v) is 18.0. The van der Waals surface area contributed by atoms with Gasteiger partial charge in [-0.2, -0.15) is 0 Å². The normalized spacial score (nSPS) is 13.1. The maximum absolute atomic E-state index is 12.7. The number of esters is 1. The van der Waals surface area contributed by atoms with Crippen molar-refractivity contribution in [1.82, 2.24) is 0 Å². The maximum atomic E-state index is 12.7. The number of hydrogen-bond donors (Lipinski definition) is 0. The van der Waals surface area contributed by atoms with Crippen molar-refractivity contribution in [3.05, 3.63) is 70.8 Å². The highest BCUT2D eigenvalue weighted by atomic mass is 16.5. The Morgan fingerprint density at radius 2 is 1.57 bits per heavy atom. The van der Waals surface area contributed by atoms with Crippen molar-refractivity contribution in [2.24, 2.45) is 0 Å². The summed E-state index contributed by atoms with van der Waals surface area (Å²) >= 11 is 0. The molecule has 2 rings (SSSR count). The minimum Gasteiger partial charge on any atom is -0.454 e. The molecule has 0 radical (unpaired) electrons. The third-order valence-electron chi connectivity index (χ3n) is 5.47. The van der Waals surface area contributed by atoms with Crippen LogP contribution in [0.2, 0.25) is 0 Å². The minimum absolute atomic E-state index is 0.202. The molecule has 2 aromatic rings. The molecule has 0 aliphatic rings. The first-order valence-corrected chi connectivity index (χ1v) is 11.0. The van der Waals surface area contributed by atoms with Crippen LogP contribution in [0.3, 0.4) is 0 Å². The number of benzene rings is 2. The Labute approximate surface area is 171 Å². The molecule has 152 valence electrons. The lowest BCUT2D eigenvalue weighted by molar-refractivity contribution is 0.0285. The Balaban J connectivity index is 2.09. The van der Waals surface area contributed by atoms with E-state index in [4.69, 9.17) is 4.74 Å². The lowest BCUT2D eigenvalue weighted by atomic mass is 9.89. The van der Waals surface area contributed by atoms with Crippen LogP contribution < -0.4 is 0 Å². The highest BCUT2D eigenvalue weighted by molar-refractivity contribution is 5.89. The molecule has 0 aliphatic carbocycles. The van der Waals surface area contributed by atoms with Gasteiger partial charge in [-0.3, -0.25) is 0 Å². The van der Waals surface area contributed by atoms with E-state index in [0.717, 1.165) is 31.2 Å². The van der Waals surface area contributed by atoms with Crippen LogP contribution in [-0.4, -0.2) is 5.97 Å². The lowest BCUT2D eigenvalue weighted by Gasteiger charge is -2.23. The van der Waals surface area contributed by atoms with E-state index in [9.17, 15) is 4.79 Å². The molecule has 0 heterocycles. The van der Waals surface area contributed by atoms with E-state index < -0.39 is 0 Å². The SMILES string of the molecule is CCCCCc1ccc(C(=O)OC(CC)c2ccccc2C(C)CCC)cc1. The molecule has 0 spiro atoms. The summed E-state index contributed by atoms with van der Waals surface area (Å²) in [4.78, 5) is 12.7. The minimum atomic E-state index is -0.232. The summed E-state index contributed by atoms with van der Waals surface area (Å²) in [6, 6.07) is 16.3. The van der Waals surface area contributed by atoms with Crippen LogP contribution in [0.15, 0.2) is 48.5 Å². The van der Waals surface area contributed by atoms with Crippen LogP contribution in [0, 0.1) is 0 Å². The average molecular weight is 381 g/mol. The van der Waals surface area contributed by atoms with Crippen molar-refractivity contribution in [1.29, 1.82) is 0 Å². The van der Waals surface area contributed by atoms with Gasteiger partial charge in [0, 0.05) is 0 Å². The van der Waals surface area contributed by atoms with Gasteiger partial charge >= 0.3 is 5.97 Å². The van der Waals surface area contributed by atoms with Crippen LogP contribution in [0.25, 0.3) is 0 Å². The van der Waals surface area contributed by atoms with Crippen LogP contribution in [-0.2, 0) is 11.2 Å². The van der Waals surface area contributed by atoms with Gasteiger partial charge in [-0.25, -0.2) is 4.79 Å². The van der Waals surface area contributed by atoms with E-state index in [1.165, 1.54) is 30.4 Å². The molecule has 0 bridgehead atoms. The largest absolute Gasteiger partial charge is 0.454 e. The van der Waals surface area contributed by atoms with Gasteiger partial charge in [0.15, 0.2) is 0 Å². The summed E-state index contributed by atoms with van der Waals surface area (Å²) < 4.78 is 5.94. The zero-order chi connectivity index (χ0) is 20.4. The molecule has 2 unspecified atom stereocenters. The molecule has 0 amide bonds. The van der Waals surface area contributed by atoms with E-state index in [2.05, 4.69) is 58.0 Å². The summed E-state index contributed by atoms with van der Waals surface area (Å²) in [5.41, 5.74) is 4.37. The van der Waals surface area contributed by atoms with Gasteiger partial charge in [-0.1, -0.05) is 83.4 Å². The number of hydrogen-bond acceptors (Lipinski definition) is 2. The van der Waals surface area contributed by atoms with E-state index in [-0.39, 0.29) is 12.1 Å². The third-order valence-corrected chi connectivity index (χ3v) is 5.47. The molecule has 0 N–H and O–H groups in total. The van der Waals surface area contributed by atoms with Crippen molar-refractivity contribution < 1.29 is 9.53 Å². The van der Waals surface area contributed by atoms with Gasteiger partial charge in [0.25, 0.3) is 0 Å². The fourth-order valence-corrected chi connectivity index (χ4v) is 3.79. The number of unbranched alkanes of at least 4 members (excludes halogenated alkanes) is 2. The van der Waals surface area contributed by atoms with Gasteiger partial charge in [0.05, 0.1) is 5.56 Å². The summed E-state index contributed by atoms with van der Waals surface area (Å²) in [5, 5.41) is 0. The fourth-order valence-electron chi connectivity index (χ4n) is 3.79. The first kappa shape index (κ1) is 22.2. The summed E-state index contributed by atoms with van der Waals surface area (Å²) in [7, 11) is 0. The first-order chi connectivity index (χ1) is 13.6. The molecule has 0 saturated heterocycles. The molecular weight excluding hydrogens is 344 g/mol. The molecule has 2 atom stereocenters. The van der Waals surface area contributed by atoms with Crippen molar-refractivity contribution in [2.45, 2.75) is 84.7 Å². The molecule has 0 aromatic heterocycles. The topological polar surface area (TPSA) is 26.3 Å². The Bertz CT molecular complexity index is 717. The Morgan fingerprint density at radius 3 is 2.18 bits per heavy atom.